The number of para-hydroxylation sites is 1. The van der Waals surface area contributed by atoms with E-state index in [1.165, 1.54) is 37.3 Å². The van der Waals surface area contributed by atoms with E-state index in [1.807, 2.05) is 0 Å². The number of benzene rings is 3. The normalized spacial score (nSPS) is 13.5. The zero-order chi connectivity index (χ0) is 26.6. The van der Waals surface area contributed by atoms with Crippen LogP contribution < -0.4 is 19.5 Å². The molecule has 1 heterocycles. The first-order chi connectivity index (χ1) is 17.6. The van der Waals surface area contributed by atoms with Crippen LogP contribution in [0, 0.1) is 5.82 Å². The third kappa shape index (κ3) is 6.13. The van der Waals surface area contributed by atoms with Crippen molar-refractivity contribution in [1.29, 1.82) is 0 Å². The fourth-order valence-corrected chi connectivity index (χ4v) is 4.82. The van der Waals surface area contributed by atoms with Crippen molar-refractivity contribution in [1.82, 2.24) is 15.5 Å². The Kier molecular flexibility index (Phi) is 7.57. The Morgan fingerprint density at radius 3 is 2.59 bits per heavy atom. The third-order valence-corrected chi connectivity index (χ3v) is 6.76. The van der Waals surface area contributed by atoms with Crippen LogP contribution in [-0.2, 0) is 15.7 Å². The average molecular weight is 537 g/mol. The molecule has 0 saturated heterocycles. The molecule has 0 aliphatic rings. The van der Waals surface area contributed by atoms with Crippen molar-refractivity contribution in [2.45, 2.75) is 24.2 Å². The summed E-state index contributed by atoms with van der Waals surface area (Å²) in [6.07, 6.45) is 0. The van der Waals surface area contributed by atoms with E-state index in [9.17, 15) is 26.7 Å². The number of hydrogen-bond donors (Lipinski definition) is 4. The van der Waals surface area contributed by atoms with Gasteiger partial charge in [-0.1, -0.05) is 30.3 Å². The Balaban J connectivity index is 1.40. The standard InChI is InChI=1S/C24H23F3N4O5S/c1-24(32,17-6-2-4-8-19(17)31-37(33,34)21-9-5-3-7-18(21)25)28-12-13-35-15-10-11-16-20(14-15)29-30-22(16)36-23(26)27/h2-11,14,23,28,31-32H,12-13H2,1H3,(H,29,30). The maximum Gasteiger partial charge on any atom is 0.388 e. The fraction of sp³-hybridized carbons (Fsp3) is 0.208. The minimum absolute atomic E-state index is 0.0655. The lowest BCUT2D eigenvalue weighted by molar-refractivity contribution is -0.0519. The highest BCUT2D eigenvalue weighted by atomic mass is 32.2. The zero-order valence-corrected chi connectivity index (χ0v) is 20.2. The smallest absolute Gasteiger partial charge is 0.388 e. The summed E-state index contributed by atoms with van der Waals surface area (Å²) in [5.41, 5.74) is -0.979. The maximum absolute atomic E-state index is 14.1. The molecule has 1 aromatic heterocycles. The molecule has 0 amide bonds. The molecule has 0 aliphatic carbocycles. The number of alkyl halides is 2. The summed E-state index contributed by atoms with van der Waals surface area (Å²) in [5, 5.41) is 20.6. The molecule has 1 unspecified atom stereocenters. The number of ether oxygens (including phenoxy) is 2. The largest absolute Gasteiger partial charge is 0.492 e. The molecule has 9 nitrogen and oxygen atoms in total. The van der Waals surface area contributed by atoms with Crippen LogP contribution >= 0.6 is 0 Å². The van der Waals surface area contributed by atoms with Gasteiger partial charge in [-0.15, -0.1) is 5.10 Å². The second-order valence-corrected chi connectivity index (χ2v) is 9.69. The van der Waals surface area contributed by atoms with E-state index >= 15 is 0 Å². The van der Waals surface area contributed by atoms with Gasteiger partial charge in [0.05, 0.1) is 16.6 Å². The number of aromatic amines is 1. The molecule has 4 rings (SSSR count). The summed E-state index contributed by atoms with van der Waals surface area (Å²) in [5.74, 6) is -0.710. The summed E-state index contributed by atoms with van der Waals surface area (Å²) in [4.78, 5) is -0.520. The van der Waals surface area contributed by atoms with Crippen LogP contribution in [0.25, 0.3) is 10.9 Å². The van der Waals surface area contributed by atoms with Gasteiger partial charge >= 0.3 is 6.61 Å². The van der Waals surface area contributed by atoms with E-state index in [0.717, 1.165) is 12.1 Å². The van der Waals surface area contributed by atoms with Crippen LogP contribution in [0.2, 0.25) is 0 Å². The molecule has 4 N–H and O–H groups in total. The van der Waals surface area contributed by atoms with Gasteiger partial charge in [-0.05, 0) is 37.3 Å². The van der Waals surface area contributed by atoms with Gasteiger partial charge in [0.25, 0.3) is 10.0 Å². The molecule has 196 valence electrons. The Labute approximate surface area is 210 Å². The van der Waals surface area contributed by atoms with Gasteiger partial charge in [-0.3, -0.25) is 15.1 Å². The molecule has 0 fully saturated rings. The number of rotatable bonds is 11. The van der Waals surface area contributed by atoms with Crippen molar-refractivity contribution < 1.29 is 36.2 Å². The Morgan fingerprint density at radius 1 is 1.11 bits per heavy atom. The zero-order valence-electron chi connectivity index (χ0n) is 19.4. The van der Waals surface area contributed by atoms with E-state index in [1.54, 1.807) is 24.3 Å². The number of nitrogens with zero attached hydrogens (tertiary/aromatic N) is 1. The number of fused-ring (bicyclic) bond motifs is 1. The summed E-state index contributed by atoms with van der Waals surface area (Å²) in [6.45, 7) is -1.33. The Hall–Kier alpha value is -3.81. The van der Waals surface area contributed by atoms with Crippen molar-refractivity contribution in [2.75, 3.05) is 17.9 Å². The van der Waals surface area contributed by atoms with Gasteiger partial charge in [-0.2, -0.15) is 8.78 Å². The highest BCUT2D eigenvalue weighted by Crippen LogP contribution is 2.29. The Bertz CT molecular complexity index is 1490. The highest BCUT2D eigenvalue weighted by molar-refractivity contribution is 7.92. The average Bonchev–Trinajstić information content (AvgIpc) is 3.23. The number of hydrogen-bond acceptors (Lipinski definition) is 7. The summed E-state index contributed by atoms with van der Waals surface area (Å²) >= 11 is 0. The van der Waals surface area contributed by atoms with Crippen LogP contribution in [-0.4, -0.2) is 43.5 Å². The second-order valence-electron chi connectivity index (χ2n) is 8.04. The van der Waals surface area contributed by atoms with Crippen molar-refractivity contribution in [3.63, 3.8) is 0 Å². The second kappa shape index (κ2) is 10.7. The monoisotopic (exact) mass is 536 g/mol. The van der Waals surface area contributed by atoms with Crippen molar-refractivity contribution in [3.05, 3.63) is 78.1 Å². The first-order valence-electron chi connectivity index (χ1n) is 11.0. The summed E-state index contributed by atoms with van der Waals surface area (Å²) < 4.78 is 76.8. The van der Waals surface area contributed by atoms with Crippen LogP contribution in [0.3, 0.4) is 0 Å². The number of halogens is 3. The van der Waals surface area contributed by atoms with E-state index < -0.39 is 33.1 Å². The first-order valence-corrected chi connectivity index (χ1v) is 12.4. The minimum Gasteiger partial charge on any atom is -0.492 e. The molecule has 0 bridgehead atoms. The lowest BCUT2D eigenvalue weighted by atomic mass is 10.0. The third-order valence-electron chi connectivity index (χ3n) is 5.36. The van der Waals surface area contributed by atoms with Gasteiger partial charge in [0.15, 0.2) is 0 Å². The van der Waals surface area contributed by atoms with Crippen molar-refractivity contribution in [3.8, 4) is 11.6 Å². The first kappa shape index (κ1) is 26.3. The minimum atomic E-state index is -4.26. The van der Waals surface area contributed by atoms with E-state index in [4.69, 9.17) is 4.74 Å². The van der Waals surface area contributed by atoms with Crippen molar-refractivity contribution in [2.24, 2.45) is 0 Å². The lowest BCUT2D eigenvalue weighted by Crippen LogP contribution is -2.42. The molecular weight excluding hydrogens is 513 g/mol. The highest BCUT2D eigenvalue weighted by Gasteiger charge is 2.28. The summed E-state index contributed by atoms with van der Waals surface area (Å²) in [7, 11) is -4.26. The van der Waals surface area contributed by atoms with Gasteiger partial charge in [0, 0.05) is 18.2 Å². The Morgan fingerprint density at radius 2 is 1.84 bits per heavy atom. The quantitative estimate of drug-likeness (QED) is 0.169. The molecule has 3 aromatic carbocycles. The van der Waals surface area contributed by atoms with Gasteiger partial charge in [0.1, 0.15) is 28.8 Å². The van der Waals surface area contributed by atoms with Crippen LogP contribution in [0.5, 0.6) is 11.6 Å². The molecule has 37 heavy (non-hydrogen) atoms. The molecule has 4 aromatic rings. The number of nitrogens with one attached hydrogen (secondary N) is 3. The van der Waals surface area contributed by atoms with Crippen LogP contribution in [0.4, 0.5) is 18.9 Å². The van der Waals surface area contributed by atoms with Crippen LogP contribution in [0.1, 0.15) is 12.5 Å². The van der Waals surface area contributed by atoms with E-state index in [2.05, 4.69) is 25.0 Å². The molecule has 0 spiro atoms. The predicted octanol–water partition coefficient (Wildman–Crippen LogP) is 3.94. The maximum atomic E-state index is 14.1. The number of aliphatic hydroxyl groups is 1. The number of aromatic nitrogens is 2. The van der Waals surface area contributed by atoms with Gasteiger partial charge in [-0.25, -0.2) is 12.8 Å². The van der Waals surface area contributed by atoms with E-state index in [-0.39, 0.29) is 30.3 Å². The van der Waals surface area contributed by atoms with Gasteiger partial charge in [0.2, 0.25) is 5.88 Å². The van der Waals surface area contributed by atoms with Crippen LogP contribution in [0.15, 0.2) is 71.6 Å². The lowest BCUT2D eigenvalue weighted by Gasteiger charge is -2.28. The molecule has 0 radical (unpaired) electrons. The molecular formula is C24H23F3N4O5S. The molecule has 1 atom stereocenters. The SMILES string of the molecule is CC(O)(NCCOc1ccc2c(OC(F)F)n[nH]c2c1)c1ccccc1NS(=O)(=O)c1ccccc1F. The predicted molar refractivity (Wildman–Crippen MR) is 129 cm³/mol. The topological polar surface area (TPSA) is 126 Å². The molecule has 0 saturated carbocycles. The van der Waals surface area contributed by atoms with Gasteiger partial charge < -0.3 is 14.6 Å². The number of sulfonamides is 1. The number of anilines is 1. The van der Waals surface area contributed by atoms with E-state index in [0.29, 0.717) is 16.7 Å². The molecule has 13 heteroatoms. The van der Waals surface area contributed by atoms with Crippen molar-refractivity contribution >= 4 is 26.6 Å². The fourth-order valence-electron chi connectivity index (χ4n) is 3.66. The number of H-pyrrole nitrogens is 1. The summed E-state index contributed by atoms with van der Waals surface area (Å²) in [6, 6.07) is 15.8. The molecule has 0 aliphatic heterocycles.